The molecule has 0 unspecified atom stereocenters. The maximum absolute atomic E-state index is 9.53. The first-order chi connectivity index (χ1) is 10.3. The molecule has 0 atom stereocenters. The molecule has 2 nitrogen and oxygen atoms in total. The third-order valence-corrected chi connectivity index (χ3v) is 4.61. The highest BCUT2D eigenvalue weighted by Gasteiger charge is 2.09. The lowest BCUT2D eigenvalue weighted by Gasteiger charge is -2.19. The third kappa shape index (κ3) is 6.99. The van der Waals surface area contributed by atoms with E-state index in [0.717, 1.165) is 6.54 Å². The van der Waals surface area contributed by atoms with Crippen LogP contribution in [0.5, 0.6) is 5.75 Å². The lowest BCUT2D eigenvalue weighted by atomic mass is 9.98. The van der Waals surface area contributed by atoms with Crippen LogP contribution in [0, 0.1) is 0 Å². The minimum atomic E-state index is 0.369. The van der Waals surface area contributed by atoms with Crippen LogP contribution in [0.1, 0.15) is 76.2 Å². The molecule has 0 radical (unpaired) electrons. The highest BCUT2D eigenvalue weighted by molar-refractivity contribution is 5.26. The van der Waals surface area contributed by atoms with Gasteiger partial charge in [-0.25, -0.2) is 0 Å². The molecule has 0 aliphatic heterocycles. The van der Waals surface area contributed by atoms with Crippen molar-refractivity contribution >= 4 is 0 Å². The van der Waals surface area contributed by atoms with Gasteiger partial charge < -0.3 is 10.4 Å². The zero-order valence-electron chi connectivity index (χ0n) is 13.3. The smallest absolute Gasteiger partial charge is 0.115 e. The summed E-state index contributed by atoms with van der Waals surface area (Å²) in [5.41, 5.74) is 1.18. The SMILES string of the molecule is Oc1cccc(CNC2CCCCCCCCCCC2)c1. The molecule has 1 aliphatic carbocycles. The van der Waals surface area contributed by atoms with Gasteiger partial charge in [0, 0.05) is 12.6 Å². The van der Waals surface area contributed by atoms with Gasteiger partial charge in [-0.2, -0.15) is 0 Å². The van der Waals surface area contributed by atoms with Gasteiger partial charge in [-0.1, -0.05) is 69.9 Å². The van der Waals surface area contributed by atoms with E-state index in [1.54, 1.807) is 6.07 Å². The Morgan fingerprint density at radius 3 is 2.00 bits per heavy atom. The van der Waals surface area contributed by atoms with Gasteiger partial charge >= 0.3 is 0 Å². The molecule has 2 heteroatoms. The monoisotopic (exact) mass is 289 g/mol. The van der Waals surface area contributed by atoms with Gasteiger partial charge in [0.2, 0.25) is 0 Å². The van der Waals surface area contributed by atoms with Crippen LogP contribution in [-0.2, 0) is 6.54 Å². The van der Waals surface area contributed by atoms with Crippen LogP contribution >= 0.6 is 0 Å². The van der Waals surface area contributed by atoms with E-state index in [-0.39, 0.29) is 0 Å². The minimum absolute atomic E-state index is 0.369. The molecule has 0 aromatic heterocycles. The lowest BCUT2D eigenvalue weighted by Crippen LogP contribution is -2.28. The Morgan fingerprint density at radius 1 is 0.857 bits per heavy atom. The van der Waals surface area contributed by atoms with Gasteiger partial charge in [-0.05, 0) is 30.5 Å². The van der Waals surface area contributed by atoms with Gasteiger partial charge in [0.15, 0.2) is 0 Å². The standard InChI is InChI=1S/C19H31NO/c21-19-14-10-11-17(15-19)16-20-18-12-8-6-4-2-1-3-5-7-9-13-18/h10-11,14-15,18,20-21H,1-9,12-13,16H2. The molecule has 0 heterocycles. The van der Waals surface area contributed by atoms with Gasteiger partial charge in [-0.15, -0.1) is 0 Å². The van der Waals surface area contributed by atoms with E-state index in [1.165, 1.54) is 76.2 Å². The fourth-order valence-electron chi connectivity index (χ4n) is 3.30. The van der Waals surface area contributed by atoms with Crippen LogP contribution in [0.2, 0.25) is 0 Å². The molecule has 0 saturated heterocycles. The first-order valence-electron chi connectivity index (χ1n) is 8.86. The van der Waals surface area contributed by atoms with Crippen molar-refractivity contribution < 1.29 is 5.11 Å². The van der Waals surface area contributed by atoms with Gasteiger partial charge in [-0.3, -0.25) is 0 Å². The first-order valence-corrected chi connectivity index (χ1v) is 8.86. The van der Waals surface area contributed by atoms with Crippen molar-refractivity contribution in [3.63, 3.8) is 0 Å². The second-order valence-corrected chi connectivity index (χ2v) is 6.51. The fourth-order valence-corrected chi connectivity index (χ4v) is 3.30. The zero-order valence-corrected chi connectivity index (χ0v) is 13.3. The molecule has 1 aliphatic rings. The number of phenolic OH excluding ortho intramolecular Hbond substituents is 1. The maximum atomic E-state index is 9.53. The Bertz CT molecular complexity index is 379. The summed E-state index contributed by atoms with van der Waals surface area (Å²) >= 11 is 0. The molecule has 2 N–H and O–H groups in total. The molecule has 0 bridgehead atoms. The van der Waals surface area contributed by atoms with Crippen LogP contribution < -0.4 is 5.32 Å². The van der Waals surface area contributed by atoms with Crippen molar-refractivity contribution in [3.8, 4) is 5.75 Å². The Morgan fingerprint density at radius 2 is 1.43 bits per heavy atom. The molecule has 0 spiro atoms. The van der Waals surface area contributed by atoms with Crippen molar-refractivity contribution in [1.29, 1.82) is 0 Å². The summed E-state index contributed by atoms with van der Waals surface area (Å²) in [6, 6.07) is 8.25. The highest BCUT2D eigenvalue weighted by Crippen LogP contribution is 2.18. The molecule has 21 heavy (non-hydrogen) atoms. The summed E-state index contributed by atoms with van der Waals surface area (Å²) in [5, 5.41) is 13.2. The van der Waals surface area contributed by atoms with Crippen molar-refractivity contribution in [3.05, 3.63) is 29.8 Å². The fraction of sp³-hybridized carbons (Fsp3) is 0.684. The molecule has 118 valence electrons. The molecule has 1 fully saturated rings. The van der Waals surface area contributed by atoms with Crippen LogP contribution in [0.3, 0.4) is 0 Å². The lowest BCUT2D eigenvalue weighted by molar-refractivity contribution is 0.402. The van der Waals surface area contributed by atoms with Crippen molar-refractivity contribution in [2.24, 2.45) is 0 Å². The highest BCUT2D eigenvalue weighted by atomic mass is 16.3. The minimum Gasteiger partial charge on any atom is -0.508 e. The molecule has 0 amide bonds. The van der Waals surface area contributed by atoms with Gasteiger partial charge in [0.1, 0.15) is 5.75 Å². The average Bonchev–Trinajstić information content (AvgIpc) is 2.47. The van der Waals surface area contributed by atoms with E-state index >= 15 is 0 Å². The second-order valence-electron chi connectivity index (χ2n) is 6.51. The molecule has 1 aromatic rings. The van der Waals surface area contributed by atoms with Crippen LogP contribution in [0.15, 0.2) is 24.3 Å². The van der Waals surface area contributed by atoms with E-state index in [1.807, 2.05) is 12.1 Å². The quantitative estimate of drug-likeness (QED) is 0.806. The number of hydrogen-bond acceptors (Lipinski definition) is 2. The average molecular weight is 289 g/mol. The van der Waals surface area contributed by atoms with E-state index in [2.05, 4.69) is 11.4 Å². The Labute approximate surface area is 130 Å². The first kappa shape index (κ1) is 16.4. The molecule has 1 aromatic carbocycles. The molecular formula is C19H31NO. The molecule has 1 saturated carbocycles. The summed E-state index contributed by atoms with van der Waals surface area (Å²) in [6.07, 6.45) is 15.3. The number of aromatic hydroxyl groups is 1. The van der Waals surface area contributed by atoms with E-state index < -0.39 is 0 Å². The van der Waals surface area contributed by atoms with Crippen molar-refractivity contribution in [1.82, 2.24) is 5.32 Å². The number of benzene rings is 1. The van der Waals surface area contributed by atoms with Crippen LogP contribution in [-0.4, -0.2) is 11.1 Å². The Balaban J connectivity index is 1.77. The predicted molar refractivity (Wildman–Crippen MR) is 89.5 cm³/mol. The maximum Gasteiger partial charge on any atom is 0.115 e. The third-order valence-electron chi connectivity index (χ3n) is 4.61. The summed E-state index contributed by atoms with van der Waals surface area (Å²) in [6.45, 7) is 0.874. The molecule has 2 rings (SSSR count). The number of hydrogen-bond donors (Lipinski definition) is 2. The van der Waals surface area contributed by atoms with Crippen molar-refractivity contribution in [2.75, 3.05) is 0 Å². The van der Waals surface area contributed by atoms with Gasteiger partial charge in [0.25, 0.3) is 0 Å². The van der Waals surface area contributed by atoms with E-state index in [9.17, 15) is 5.11 Å². The topological polar surface area (TPSA) is 32.3 Å². The Kier molecular flexibility index (Phi) is 7.66. The van der Waals surface area contributed by atoms with Crippen molar-refractivity contribution in [2.45, 2.75) is 83.2 Å². The number of phenols is 1. The van der Waals surface area contributed by atoms with Crippen LogP contribution in [0.25, 0.3) is 0 Å². The summed E-state index contributed by atoms with van der Waals surface area (Å²) in [7, 11) is 0. The zero-order chi connectivity index (χ0) is 14.8. The number of rotatable bonds is 3. The normalized spacial score (nSPS) is 19.6. The second kappa shape index (κ2) is 9.83. The van der Waals surface area contributed by atoms with Gasteiger partial charge in [0.05, 0.1) is 0 Å². The number of nitrogens with one attached hydrogen (secondary N) is 1. The van der Waals surface area contributed by atoms with E-state index in [4.69, 9.17) is 0 Å². The summed E-state index contributed by atoms with van der Waals surface area (Å²) < 4.78 is 0. The van der Waals surface area contributed by atoms with E-state index in [0.29, 0.717) is 11.8 Å². The van der Waals surface area contributed by atoms with Crippen LogP contribution in [0.4, 0.5) is 0 Å². The largest absolute Gasteiger partial charge is 0.508 e. The molecular weight excluding hydrogens is 258 g/mol. The Hall–Kier alpha value is -1.02. The summed E-state index contributed by atoms with van der Waals surface area (Å²) in [4.78, 5) is 0. The predicted octanol–water partition coefficient (Wildman–Crippen LogP) is 5.16. The summed E-state index contributed by atoms with van der Waals surface area (Å²) in [5.74, 6) is 0.369.